The van der Waals surface area contributed by atoms with E-state index in [1.54, 1.807) is 61.5 Å². The van der Waals surface area contributed by atoms with Gasteiger partial charge in [0.2, 0.25) is 5.95 Å². The van der Waals surface area contributed by atoms with Crippen molar-refractivity contribution < 1.29 is 0 Å². The molecule has 0 aliphatic carbocycles. The van der Waals surface area contributed by atoms with Crippen LogP contribution in [-0.2, 0) is 20.6 Å². The predicted octanol–water partition coefficient (Wildman–Crippen LogP) is 1.98. The summed E-state index contributed by atoms with van der Waals surface area (Å²) >= 11 is 6.21. The average molecular weight is 424 g/mol. The number of nitrogens with zero attached hydrogens (tertiary/aromatic N) is 6. The summed E-state index contributed by atoms with van der Waals surface area (Å²) in [5.41, 5.74) is 3.91. The van der Waals surface area contributed by atoms with E-state index in [-0.39, 0.29) is 17.7 Å². The molecule has 0 fully saturated rings. The van der Waals surface area contributed by atoms with Crippen molar-refractivity contribution in [2.24, 2.45) is 19.2 Å². The number of halogens is 1. The third-order valence-electron chi connectivity index (χ3n) is 4.71. The van der Waals surface area contributed by atoms with Crippen molar-refractivity contribution in [2.45, 2.75) is 6.54 Å². The van der Waals surface area contributed by atoms with E-state index < -0.39 is 11.2 Å². The first-order valence-corrected chi connectivity index (χ1v) is 9.44. The molecular formula is C20H18ClN7O2. The number of hydrazone groups is 1. The predicted molar refractivity (Wildman–Crippen MR) is 116 cm³/mol. The highest BCUT2D eigenvalue weighted by molar-refractivity contribution is 6.31. The topological polar surface area (TPSA) is 99.1 Å². The van der Waals surface area contributed by atoms with Crippen LogP contribution >= 0.6 is 11.6 Å². The van der Waals surface area contributed by atoms with Crippen LogP contribution in [0.15, 0.2) is 63.5 Å². The molecule has 0 aliphatic rings. The second-order valence-corrected chi connectivity index (χ2v) is 7.05. The molecule has 0 amide bonds. The lowest BCUT2D eigenvalue weighted by Gasteiger charge is -2.09. The number of hydrogen-bond acceptors (Lipinski definition) is 6. The molecule has 0 radical (unpaired) electrons. The summed E-state index contributed by atoms with van der Waals surface area (Å²) in [4.78, 5) is 34.3. The number of pyridine rings is 1. The first-order valence-electron chi connectivity index (χ1n) is 9.06. The Morgan fingerprint density at radius 1 is 1.13 bits per heavy atom. The second-order valence-electron chi connectivity index (χ2n) is 6.65. The van der Waals surface area contributed by atoms with Crippen molar-refractivity contribution in [3.63, 3.8) is 0 Å². The largest absolute Gasteiger partial charge is 0.332 e. The maximum absolute atomic E-state index is 13.1. The molecule has 1 N–H and O–H groups in total. The van der Waals surface area contributed by atoms with Crippen LogP contribution in [0, 0.1) is 0 Å². The molecule has 0 atom stereocenters. The van der Waals surface area contributed by atoms with Crippen LogP contribution in [0.25, 0.3) is 11.2 Å². The van der Waals surface area contributed by atoms with Crippen molar-refractivity contribution in [3.8, 4) is 0 Å². The van der Waals surface area contributed by atoms with Gasteiger partial charge in [-0.2, -0.15) is 10.1 Å². The summed E-state index contributed by atoms with van der Waals surface area (Å²) in [6.07, 6.45) is 4.92. The van der Waals surface area contributed by atoms with Gasteiger partial charge in [-0.15, -0.1) is 0 Å². The minimum atomic E-state index is -0.476. The van der Waals surface area contributed by atoms with Crippen LogP contribution in [0.3, 0.4) is 0 Å². The highest BCUT2D eigenvalue weighted by atomic mass is 35.5. The summed E-state index contributed by atoms with van der Waals surface area (Å²) in [5.74, 6) is 0.327. The molecule has 3 heterocycles. The second kappa shape index (κ2) is 7.96. The Kier molecular flexibility index (Phi) is 5.20. The van der Waals surface area contributed by atoms with Crippen LogP contribution in [0.5, 0.6) is 0 Å². The molecule has 4 rings (SSSR count). The maximum Gasteiger partial charge on any atom is 0.332 e. The van der Waals surface area contributed by atoms with Gasteiger partial charge in [-0.05, 0) is 17.7 Å². The molecule has 9 nitrogen and oxygen atoms in total. The Bertz CT molecular complexity index is 1370. The number of imidazole rings is 1. The lowest BCUT2D eigenvalue weighted by atomic mass is 10.2. The lowest BCUT2D eigenvalue weighted by molar-refractivity contribution is 0.655. The molecule has 0 unspecified atom stereocenters. The fraction of sp³-hybridized carbons (Fsp3) is 0.150. The van der Waals surface area contributed by atoms with Gasteiger partial charge in [0.05, 0.1) is 12.8 Å². The number of hydrogen-bond donors (Lipinski definition) is 1. The van der Waals surface area contributed by atoms with E-state index in [0.717, 1.165) is 10.1 Å². The number of fused-ring (bicyclic) bond motifs is 1. The number of anilines is 1. The van der Waals surface area contributed by atoms with Crippen LogP contribution < -0.4 is 16.7 Å². The van der Waals surface area contributed by atoms with Crippen molar-refractivity contribution >= 4 is 34.9 Å². The van der Waals surface area contributed by atoms with E-state index >= 15 is 0 Å². The summed E-state index contributed by atoms with van der Waals surface area (Å²) in [6.45, 7) is 0.0637. The monoisotopic (exact) mass is 423 g/mol. The fourth-order valence-electron chi connectivity index (χ4n) is 3.10. The first-order chi connectivity index (χ1) is 14.5. The Balaban J connectivity index is 1.76. The Labute approximate surface area is 175 Å². The van der Waals surface area contributed by atoms with Crippen LogP contribution in [-0.4, -0.2) is 29.9 Å². The third kappa shape index (κ3) is 3.50. The SMILES string of the molecule is Cn1c(N/N=C/c2cccnc2)nc2c1c(=O)n(Cc1ccccc1Cl)c(=O)n2C. The normalized spacial score (nSPS) is 11.4. The molecule has 0 saturated carbocycles. The highest BCUT2D eigenvalue weighted by Crippen LogP contribution is 2.17. The van der Waals surface area contributed by atoms with Crippen LogP contribution in [0.4, 0.5) is 5.95 Å². The van der Waals surface area contributed by atoms with Crippen molar-refractivity contribution in [1.82, 2.24) is 23.7 Å². The molecule has 10 heteroatoms. The molecule has 152 valence electrons. The van der Waals surface area contributed by atoms with E-state index in [9.17, 15) is 9.59 Å². The number of benzene rings is 1. The van der Waals surface area contributed by atoms with E-state index in [1.807, 2.05) is 12.1 Å². The highest BCUT2D eigenvalue weighted by Gasteiger charge is 2.19. The van der Waals surface area contributed by atoms with E-state index in [2.05, 4.69) is 20.5 Å². The Hall–Kier alpha value is -3.72. The number of aryl methyl sites for hydroxylation is 2. The maximum atomic E-state index is 13.1. The average Bonchev–Trinajstić information content (AvgIpc) is 3.08. The molecule has 3 aromatic heterocycles. The zero-order valence-corrected chi connectivity index (χ0v) is 17.0. The van der Waals surface area contributed by atoms with Crippen LogP contribution in [0.1, 0.15) is 11.1 Å². The summed E-state index contributed by atoms with van der Waals surface area (Å²) in [5, 5.41) is 4.63. The van der Waals surface area contributed by atoms with Crippen LogP contribution in [0.2, 0.25) is 5.02 Å². The first kappa shape index (κ1) is 19.6. The Morgan fingerprint density at radius 2 is 1.93 bits per heavy atom. The van der Waals surface area contributed by atoms with Crippen molar-refractivity contribution in [3.05, 3.63) is 85.8 Å². The van der Waals surface area contributed by atoms with Gasteiger partial charge in [0, 0.05) is 37.1 Å². The minimum absolute atomic E-state index is 0.0637. The Morgan fingerprint density at radius 3 is 2.67 bits per heavy atom. The van der Waals surface area contributed by atoms with Gasteiger partial charge in [-0.1, -0.05) is 35.9 Å². The van der Waals surface area contributed by atoms with E-state index in [1.165, 1.54) is 4.57 Å². The molecule has 0 saturated heterocycles. The smallest absolute Gasteiger partial charge is 0.306 e. The lowest BCUT2D eigenvalue weighted by Crippen LogP contribution is -2.39. The molecule has 1 aromatic carbocycles. The zero-order chi connectivity index (χ0) is 21.3. The fourth-order valence-corrected chi connectivity index (χ4v) is 3.29. The van der Waals surface area contributed by atoms with Gasteiger partial charge < -0.3 is 4.57 Å². The number of nitrogens with one attached hydrogen (secondary N) is 1. The number of aromatic nitrogens is 5. The van der Waals surface area contributed by atoms with E-state index in [4.69, 9.17) is 11.6 Å². The molecule has 0 aliphatic heterocycles. The standard InChI is InChI=1S/C20H18ClN7O2/c1-26-16-17(24-19(26)25-23-11-13-6-5-9-22-10-13)27(2)20(30)28(18(16)29)12-14-7-3-4-8-15(14)21/h3-11H,12H2,1-2H3,(H,24,25)/b23-11+. The minimum Gasteiger partial charge on any atom is -0.306 e. The molecule has 4 aromatic rings. The van der Waals surface area contributed by atoms with Gasteiger partial charge in [-0.25, -0.2) is 10.2 Å². The van der Waals surface area contributed by atoms with Gasteiger partial charge >= 0.3 is 5.69 Å². The molecular weight excluding hydrogens is 406 g/mol. The summed E-state index contributed by atoms with van der Waals surface area (Å²) in [7, 11) is 3.26. The van der Waals surface area contributed by atoms with Gasteiger partial charge in [-0.3, -0.25) is 18.9 Å². The quantitative estimate of drug-likeness (QED) is 0.391. The molecule has 0 spiro atoms. The third-order valence-corrected chi connectivity index (χ3v) is 5.08. The van der Waals surface area contributed by atoms with Crippen molar-refractivity contribution in [1.29, 1.82) is 0 Å². The van der Waals surface area contributed by atoms with Gasteiger partial charge in [0.1, 0.15) is 0 Å². The summed E-state index contributed by atoms with van der Waals surface area (Å²) < 4.78 is 4.05. The molecule has 0 bridgehead atoms. The summed E-state index contributed by atoms with van der Waals surface area (Å²) in [6, 6.07) is 10.7. The van der Waals surface area contributed by atoms with Crippen molar-refractivity contribution in [2.75, 3.05) is 5.43 Å². The van der Waals surface area contributed by atoms with Gasteiger partial charge in [0.15, 0.2) is 11.2 Å². The molecule has 30 heavy (non-hydrogen) atoms. The van der Waals surface area contributed by atoms with E-state index in [0.29, 0.717) is 16.5 Å². The zero-order valence-electron chi connectivity index (χ0n) is 16.3. The number of rotatable bonds is 5. The van der Waals surface area contributed by atoms with Gasteiger partial charge in [0.25, 0.3) is 5.56 Å².